The molecule has 0 radical (unpaired) electrons. The molecule has 0 aliphatic carbocycles. The van der Waals surface area contributed by atoms with Crippen LogP contribution in [0.4, 0.5) is 0 Å². The van der Waals surface area contributed by atoms with Gasteiger partial charge in [-0.3, -0.25) is 43.2 Å². The molecule has 16 unspecified atom stereocenters. The number of aliphatic hydroxyl groups is 3. The first-order valence-electron chi connectivity index (χ1n) is 20.5. The van der Waals surface area contributed by atoms with Crippen LogP contribution in [0, 0.1) is 0 Å². The van der Waals surface area contributed by atoms with Crippen LogP contribution in [-0.4, -0.2) is 184 Å². The van der Waals surface area contributed by atoms with Gasteiger partial charge in [-0.25, -0.2) is 0 Å². The highest BCUT2D eigenvalue weighted by Gasteiger charge is 2.56. The zero-order valence-corrected chi connectivity index (χ0v) is 35.9. The molecular weight excluding hydrogens is 858 g/mol. The van der Waals surface area contributed by atoms with Crippen molar-refractivity contribution >= 4 is 53.2 Å². The van der Waals surface area contributed by atoms with Crippen molar-refractivity contribution in [3.05, 3.63) is 0 Å². The van der Waals surface area contributed by atoms with Crippen molar-refractivity contribution in [2.24, 2.45) is 17.2 Å². The van der Waals surface area contributed by atoms with Crippen LogP contribution < -0.4 is 49.1 Å². The van der Waals surface area contributed by atoms with Crippen LogP contribution in [0.15, 0.2) is 0 Å². The van der Waals surface area contributed by atoms with Crippen molar-refractivity contribution in [3.8, 4) is 0 Å². The number of nitrogens with one attached hydrogen (secondary N) is 6. The number of aliphatic hydroxyl groups excluding tert-OH is 3. The summed E-state index contributed by atoms with van der Waals surface area (Å²) < 4.78 is 29.7. The summed E-state index contributed by atoms with van der Waals surface area (Å²) in [5, 5.41) is 54.8. The van der Waals surface area contributed by atoms with Crippen molar-refractivity contribution < 1.29 is 87.3 Å². The zero-order chi connectivity index (χ0) is 48.2. The fraction of sp³-hybridized carbons (Fsp3) is 0.757. The molecule has 0 aromatic rings. The minimum Gasteiger partial charge on any atom is -0.480 e. The molecular formula is C37H61N9O18. The Balaban J connectivity index is 1.69. The predicted molar refractivity (Wildman–Crippen MR) is 213 cm³/mol. The average molecular weight is 920 g/mol. The topological polar surface area (TPSA) is 431 Å². The van der Waals surface area contributed by atoms with Gasteiger partial charge in [0.25, 0.3) is 0 Å². The first-order valence-corrected chi connectivity index (χ1v) is 20.5. The van der Waals surface area contributed by atoms with Gasteiger partial charge in [0.1, 0.15) is 79.0 Å². The monoisotopic (exact) mass is 919 g/mol. The molecule has 3 heterocycles. The van der Waals surface area contributed by atoms with Crippen LogP contribution in [0.25, 0.3) is 0 Å². The Morgan fingerprint density at radius 1 is 0.734 bits per heavy atom. The van der Waals surface area contributed by atoms with E-state index in [0.717, 1.165) is 6.92 Å². The second-order valence-corrected chi connectivity index (χ2v) is 15.7. The number of aliphatic carboxylic acids is 1. The van der Waals surface area contributed by atoms with Gasteiger partial charge >= 0.3 is 5.97 Å². The van der Waals surface area contributed by atoms with Crippen molar-refractivity contribution in [2.45, 2.75) is 164 Å². The zero-order valence-electron chi connectivity index (χ0n) is 35.9. The van der Waals surface area contributed by atoms with Gasteiger partial charge in [-0.1, -0.05) is 0 Å². The predicted octanol–water partition coefficient (Wildman–Crippen LogP) is -7.34. The standard InChI is InChI=1S/C37H61N9O18/c1-13(32(55)46-19(31(40)54)9-10-23(50)45-20(8-6-7-18(38)30(39)53)34(57)42-14(2)35(58)59)41-33(56)15(3)61-29-25(44-17(5)49)36-60-12-22(63-36)28(29)64-37-24(43-16(4)48)27(52)26(51)21(11-47)62-37/h13-15,18-22,24-29,36-37,47,51-52H,6-12,38H2,1-5H3,(H2,39,53)(H2,40,54)(H,41,56)(H,42,57)(H,43,48)(H,44,49)(H,45,50)(H,46,55)(H,58,59). The number of ether oxygens (including phenoxy) is 5. The smallest absolute Gasteiger partial charge is 0.325 e. The summed E-state index contributed by atoms with van der Waals surface area (Å²) >= 11 is 0. The van der Waals surface area contributed by atoms with E-state index >= 15 is 0 Å². The molecule has 3 aliphatic rings. The average Bonchev–Trinajstić information content (AvgIpc) is 3.66. The molecule has 16 N–H and O–H groups in total. The van der Waals surface area contributed by atoms with E-state index in [0.29, 0.717) is 0 Å². The maximum atomic E-state index is 13.5. The summed E-state index contributed by atoms with van der Waals surface area (Å²) in [6.07, 6.45) is -12.9. The summed E-state index contributed by atoms with van der Waals surface area (Å²) in [4.78, 5) is 112. The molecule has 0 aromatic heterocycles. The minimum atomic E-state index is -1.68. The molecule has 16 atom stereocenters. The normalized spacial score (nSPS) is 29.0. The third-order valence-electron chi connectivity index (χ3n) is 10.5. The van der Waals surface area contributed by atoms with E-state index < -0.39 is 164 Å². The van der Waals surface area contributed by atoms with E-state index in [1.165, 1.54) is 27.7 Å². The Morgan fingerprint density at radius 2 is 1.36 bits per heavy atom. The Hall–Kier alpha value is -5.13. The lowest BCUT2D eigenvalue weighted by Crippen LogP contribution is -2.68. The van der Waals surface area contributed by atoms with E-state index in [-0.39, 0.29) is 32.3 Å². The summed E-state index contributed by atoms with van der Waals surface area (Å²) in [5.74, 6) is -7.79. The molecule has 0 saturated carbocycles. The second-order valence-electron chi connectivity index (χ2n) is 15.7. The molecule has 3 rings (SSSR count). The number of carboxylic acid groups (broad SMARTS) is 1. The molecule has 64 heavy (non-hydrogen) atoms. The Labute approximate surface area is 366 Å². The van der Waals surface area contributed by atoms with Gasteiger partial charge in [-0.2, -0.15) is 0 Å². The summed E-state index contributed by atoms with van der Waals surface area (Å²) in [5.41, 5.74) is 16.3. The number of rotatable bonds is 24. The molecule has 3 aliphatic heterocycles. The van der Waals surface area contributed by atoms with Crippen molar-refractivity contribution in [3.63, 3.8) is 0 Å². The lowest BCUT2D eigenvalue weighted by Gasteiger charge is -2.47. The van der Waals surface area contributed by atoms with Crippen molar-refractivity contribution in [2.75, 3.05) is 13.2 Å². The highest BCUT2D eigenvalue weighted by molar-refractivity contribution is 5.93. The molecule has 3 saturated heterocycles. The van der Waals surface area contributed by atoms with Crippen LogP contribution in [0.1, 0.15) is 66.7 Å². The van der Waals surface area contributed by atoms with Crippen molar-refractivity contribution in [1.82, 2.24) is 31.9 Å². The summed E-state index contributed by atoms with van der Waals surface area (Å²) in [7, 11) is 0. The maximum absolute atomic E-state index is 13.5. The van der Waals surface area contributed by atoms with Crippen LogP contribution in [0.2, 0.25) is 0 Å². The Morgan fingerprint density at radius 3 is 1.94 bits per heavy atom. The Kier molecular flexibility index (Phi) is 20.2. The van der Waals surface area contributed by atoms with Gasteiger partial charge < -0.3 is 93.2 Å². The van der Waals surface area contributed by atoms with E-state index in [4.69, 9.17) is 40.9 Å². The lowest BCUT2D eigenvalue weighted by atomic mass is 9.95. The van der Waals surface area contributed by atoms with Crippen LogP contribution >= 0.6 is 0 Å². The fourth-order valence-electron chi connectivity index (χ4n) is 6.97. The SMILES string of the molecule is CC(=O)NC1C(OC2C3COC(O3)C(NC(C)=O)C2OC(C)C(=O)NC(C)C(=O)NC(CCC(=O)NC(CCCC(N)C(N)=O)C(=O)NC(C)C(=O)O)C(N)=O)OC(CO)C(O)C1O. The molecule has 8 amide bonds. The van der Waals surface area contributed by atoms with Crippen LogP contribution in [-0.2, 0) is 66.8 Å². The van der Waals surface area contributed by atoms with Gasteiger partial charge in [0.15, 0.2) is 12.6 Å². The first kappa shape index (κ1) is 53.2. The number of hydrogen-bond donors (Lipinski definition) is 13. The van der Waals surface area contributed by atoms with E-state index in [1.54, 1.807) is 0 Å². The highest BCUT2D eigenvalue weighted by atomic mass is 16.8. The van der Waals surface area contributed by atoms with Gasteiger partial charge in [0, 0.05) is 20.3 Å². The third kappa shape index (κ3) is 15.0. The van der Waals surface area contributed by atoms with Gasteiger partial charge in [0.2, 0.25) is 47.3 Å². The van der Waals surface area contributed by atoms with Crippen LogP contribution in [0.5, 0.6) is 0 Å². The second kappa shape index (κ2) is 24.2. The van der Waals surface area contributed by atoms with Crippen LogP contribution in [0.3, 0.4) is 0 Å². The Bertz CT molecular complexity index is 1710. The molecule has 0 aromatic carbocycles. The maximum Gasteiger partial charge on any atom is 0.325 e. The van der Waals surface area contributed by atoms with E-state index in [9.17, 15) is 63.6 Å². The quantitative estimate of drug-likeness (QED) is 0.0428. The largest absolute Gasteiger partial charge is 0.480 e. The number of fused-ring (bicyclic) bond motifs is 2. The summed E-state index contributed by atoms with van der Waals surface area (Å²) in [6.45, 7) is 5.28. The number of nitrogens with two attached hydrogens (primary N) is 3. The van der Waals surface area contributed by atoms with Gasteiger partial charge in [-0.15, -0.1) is 0 Å². The molecule has 2 bridgehead atoms. The van der Waals surface area contributed by atoms with Crippen molar-refractivity contribution in [1.29, 1.82) is 0 Å². The molecule has 27 nitrogen and oxygen atoms in total. The number of hydrogen-bond acceptors (Lipinski definition) is 18. The summed E-state index contributed by atoms with van der Waals surface area (Å²) in [6, 6.07) is -8.94. The minimum absolute atomic E-state index is 0.0544. The third-order valence-corrected chi connectivity index (χ3v) is 10.5. The lowest BCUT2D eigenvalue weighted by molar-refractivity contribution is -0.313. The molecule has 362 valence electrons. The highest BCUT2D eigenvalue weighted by Crippen LogP contribution is 2.35. The number of carbonyl (C=O) groups is 9. The van der Waals surface area contributed by atoms with Gasteiger partial charge in [-0.05, 0) is 46.5 Å². The number of primary amides is 2. The van der Waals surface area contributed by atoms with E-state index in [2.05, 4.69) is 31.9 Å². The number of carboxylic acids is 1. The first-order chi connectivity index (χ1) is 29.9. The fourth-order valence-corrected chi connectivity index (χ4v) is 6.97. The van der Waals surface area contributed by atoms with E-state index in [1.807, 2.05) is 0 Å². The number of carbonyl (C=O) groups excluding carboxylic acids is 8. The molecule has 3 fully saturated rings. The number of amides is 8. The molecule has 27 heteroatoms. The molecule has 0 spiro atoms. The van der Waals surface area contributed by atoms with Gasteiger partial charge in [0.05, 0.1) is 19.3 Å².